The fourth-order valence-corrected chi connectivity index (χ4v) is 8.53. The van der Waals surface area contributed by atoms with E-state index < -0.39 is 28.9 Å². The number of nitrogens with zero attached hydrogens (tertiary/aromatic N) is 4. The molecule has 4 amide bonds. The van der Waals surface area contributed by atoms with Crippen LogP contribution in [-0.4, -0.2) is 69.3 Å². The molecule has 8 rings (SSSR count). The maximum absolute atomic E-state index is 13.4. The van der Waals surface area contributed by atoms with Crippen LogP contribution in [-0.2, 0) is 19.2 Å². The second kappa shape index (κ2) is 17.8. The number of nitrogens with one attached hydrogen (secondary N) is 2. The van der Waals surface area contributed by atoms with Crippen LogP contribution in [0.3, 0.4) is 0 Å². The molecule has 0 saturated heterocycles. The first kappa shape index (κ1) is 41.7. The molecule has 4 aromatic rings. The summed E-state index contributed by atoms with van der Waals surface area (Å²) < 4.78 is 26.5. The minimum Gasteiger partial charge on any atom is -0.325 e. The highest BCUT2D eigenvalue weighted by molar-refractivity contribution is 6.47. The lowest BCUT2D eigenvalue weighted by molar-refractivity contribution is -0.134. The van der Waals surface area contributed by atoms with Crippen molar-refractivity contribution in [2.75, 3.05) is 23.7 Å². The van der Waals surface area contributed by atoms with Crippen LogP contribution >= 0.6 is 23.2 Å². The van der Waals surface area contributed by atoms with Gasteiger partial charge in [0.05, 0.1) is 0 Å². The molecule has 306 valence electrons. The zero-order chi connectivity index (χ0) is 41.7. The largest absolute Gasteiger partial charge is 0.325 e. The molecular formula is C45H44Cl2F2N6O4. The van der Waals surface area contributed by atoms with Gasteiger partial charge >= 0.3 is 0 Å². The molecule has 0 bridgehead atoms. The lowest BCUT2D eigenvalue weighted by atomic mass is 9.88. The lowest BCUT2D eigenvalue weighted by Gasteiger charge is -2.38. The summed E-state index contributed by atoms with van der Waals surface area (Å²) in [4.78, 5) is 64.8. The van der Waals surface area contributed by atoms with E-state index in [-0.39, 0.29) is 36.5 Å². The third kappa shape index (κ3) is 9.39. The van der Waals surface area contributed by atoms with Gasteiger partial charge in [-0.2, -0.15) is 0 Å². The lowest BCUT2D eigenvalue weighted by Crippen LogP contribution is -2.51. The van der Waals surface area contributed by atoms with E-state index in [0.717, 1.165) is 80.3 Å². The smallest absolute Gasteiger partial charge is 0.275 e. The Kier molecular flexibility index (Phi) is 12.6. The molecule has 4 aromatic carbocycles. The normalized spacial score (nSPS) is 18.0. The van der Waals surface area contributed by atoms with Crippen LogP contribution in [0.5, 0.6) is 0 Å². The molecule has 0 atom stereocenters. The van der Waals surface area contributed by atoms with Gasteiger partial charge in [0.25, 0.3) is 11.8 Å². The number of halogens is 4. The quantitative estimate of drug-likeness (QED) is 0.184. The van der Waals surface area contributed by atoms with Crippen LogP contribution < -0.4 is 10.6 Å². The van der Waals surface area contributed by atoms with E-state index in [2.05, 4.69) is 10.6 Å². The second-order valence-electron chi connectivity index (χ2n) is 15.4. The van der Waals surface area contributed by atoms with Crippen molar-refractivity contribution in [3.05, 3.63) is 129 Å². The first-order valence-electron chi connectivity index (χ1n) is 19.8. The number of hydrogen-bond acceptors (Lipinski definition) is 6. The highest BCUT2D eigenvalue weighted by atomic mass is 35.5. The third-order valence-corrected chi connectivity index (χ3v) is 11.7. The van der Waals surface area contributed by atoms with Gasteiger partial charge in [-0.05, 0) is 112 Å². The van der Waals surface area contributed by atoms with Crippen LogP contribution in [0.2, 0.25) is 10.0 Å². The van der Waals surface area contributed by atoms with Crippen molar-refractivity contribution in [1.82, 2.24) is 9.80 Å². The van der Waals surface area contributed by atoms with Crippen molar-refractivity contribution in [2.24, 2.45) is 9.98 Å². The summed E-state index contributed by atoms with van der Waals surface area (Å²) in [6, 6.07) is 24.8. The van der Waals surface area contributed by atoms with Gasteiger partial charge in [-0.15, -0.1) is 0 Å². The summed E-state index contributed by atoms with van der Waals surface area (Å²) >= 11 is 11.9. The van der Waals surface area contributed by atoms with E-state index in [1.807, 2.05) is 43.3 Å². The molecule has 2 aliphatic carbocycles. The molecule has 4 aliphatic rings. The number of aryl methyl sites for hydroxylation is 1. The molecule has 0 unspecified atom stereocenters. The number of rotatable bonds is 8. The van der Waals surface area contributed by atoms with Gasteiger partial charge in [-0.3, -0.25) is 29.2 Å². The van der Waals surface area contributed by atoms with E-state index in [9.17, 15) is 28.0 Å². The third-order valence-electron chi connectivity index (χ3n) is 11.2. The first-order valence-corrected chi connectivity index (χ1v) is 20.6. The minimum absolute atomic E-state index is 0.00658. The molecule has 2 fully saturated rings. The highest BCUT2D eigenvalue weighted by Crippen LogP contribution is 2.41. The van der Waals surface area contributed by atoms with Gasteiger partial charge < -0.3 is 20.4 Å². The maximum Gasteiger partial charge on any atom is 0.275 e. The second-order valence-corrected chi connectivity index (χ2v) is 16.3. The number of aliphatic imine (C=N–C) groups is 2. The zero-order valence-electron chi connectivity index (χ0n) is 32.6. The predicted octanol–water partition coefficient (Wildman–Crippen LogP) is 9.13. The number of amides is 4. The van der Waals surface area contributed by atoms with Crippen LogP contribution in [0.25, 0.3) is 0 Å². The van der Waals surface area contributed by atoms with Crippen molar-refractivity contribution < 1.29 is 28.0 Å². The van der Waals surface area contributed by atoms with Crippen LogP contribution in [0, 0.1) is 18.6 Å². The molecule has 2 saturated carbocycles. The minimum atomic E-state index is -1.05. The number of anilines is 2. The highest BCUT2D eigenvalue weighted by Gasteiger charge is 2.49. The predicted molar refractivity (Wildman–Crippen MR) is 226 cm³/mol. The van der Waals surface area contributed by atoms with Gasteiger partial charge in [0.2, 0.25) is 11.8 Å². The Morgan fingerprint density at radius 3 is 1.47 bits per heavy atom. The summed E-state index contributed by atoms with van der Waals surface area (Å²) in [7, 11) is 0. The zero-order valence-corrected chi connectivity index (χ0v) is 34.1. The maximum atomic E-state index is 13.4. The summed E-state index contributed by atoms with van der Waals surface area (Å²) in [6.45, 7) is 1.74. The van der Waals surface area contributed by atoms with Crippen molar-refractivity contribution in [1.29, 1.82) is 0 Å². The van der Waals surface area contributed by atoms with E-state index in [1.54, 1.807) is 41.3 Å². The summed E-state index contributed by atoms with van der Waals surface area (Å²) in [5, 5.41) is 6.61. The molecular weight excluding hydrogens is 797 g/mol. The number of benzene rings is 4. The average Bonchev–Trinajstić information content (AvgIpc) is 3.62. The summed E-state index contributed by atoms with van der Waals surface area (Å²) in [6.07, 6.45) is 8.92. The first-order chi connectivity index (χ1) is 28.3. The van der Waals surface area contributed by atoms with Crippen molar-refractivity contribution >= 4 is 69.6 Å². The Morgan fingerprint density at radius 1 is 0.610 bits per heavy atom. The molecule has 10 nitrogen and oxygen atoms in total. The van der Waals surface area contributed by atoms with Gasteiger partial charge in [0.15, 0.2) is 11.6 Å². The summed E-state index contributed by atoms with van der Waals surface area (Å²) in [5.74, 6) is -3.26. The van der Waals surface area contributed by atoms with Gasteiger partial charge in [-0.25, -0.2) is 8.78 Å². The Labute approximate surface area is 351 Å². The Morgan fingerprint density at radius 2 is 1.05 bits per heavy atom. The molecule has 2 N–H and O–H groups in total. The topological polar surface area (TPSA) is 124 Å². The molecule has 2 heterocycles. The SMILES string of the molecule is Cc1cccc(NC(=O)CN2C(=O)C(c3ccc(Cl)cc3)=NC23CCCCC3)c1.O=C(CN1C(=O)C(c2ccc(Cl)cc2)=NC12CCCCC2)Nc1ccc(F)c(F)c1. The van der Waals surface area contributed by atoms with Crippen molar-refractivity contribution in [3.8, 4) is 0 Å². The standard InChI is InChI=1S/C23H24ClN3O2.C22H20ClF2N3O2/c1-16-6-5-7-19(14-16)25-20(28)15-27-22(29)21(17-8-10-18(24)11-9-17)26-23(27)12-3-2-4-13-23;23-15-6-4-14(5-7-15)20-21(30)28(22(27-20)10-2-1-3-11-22)13-19(29)26-16-8-9-17(24)18(25)12-16/h5-11,14H,2-4,12-13,15H2,1H3,(H,25,28);4-9,12H,1-3,10-11,13H2,(H,26,29). The number of carbonyl (C=O) groups excluding carboxylic acids is 4. The molecule has 14 heteroatoms. The Hall–Kier alpha value is -5.46. The van der Waals surface area contributed by atoms with E-state index in [0.29, 0.717) is 39.9 Å². The van der Waals surface area contributed by atoms with Crippen LogP contribution in [0.15, 0.2) is 101 Å². The van der Waals surface area contributed by atoms with Gasteiger partial charge in [0.1, 0.15) is 35.8 Å². The van der Waals surface area contributed by atoms with E-state index in [4.69, 9.17) is 33.2 Å². The van der Waals surface area contributed by atoms with Crippen LogP contribution in [0.4, 0.5) is 20.2 Å². The fraction of sp³-hybridized carbons (Fsp3) is 0.333. The van der Waals surface area contributed by atoms with Crippen LogP contribution in [0.1, 0.15) is 80.9 Å². The van der Waals surface area contributed by atoms with Gasteiger partial charge in [0, 0.05) is 38.6 Å². The molecule has 0 aromatic heterocycles. The monoisotopic (exact) mass is 840 g/mol. The van der Waals surface area contributed by atoms with Crippen molar-refractivity contribution in [3.63, 3.8) is 0 Å². The Balaban J connectivity index is 0.000000179. The van der Waals surface area contributed by atoms with Crippen molar-refractivity contribution in [2.45, 2.75) is 82.5 Å². The molecule has 2 aliphatic heterocycles. The number of carbonyl (C=O) groups is 4. The van der Waals surface area contributed by atoms with E-state index >= 15 is 0 Å². The van der Waals surface area contributed by atoms with E-state index in [1.165, 1.54) is 11.0 Å². The fourth-order valence-electron chi connectivity index (χ4n) is 8.28. The molecule has 59 heavy (non-hydrogen) atoms. The Bertz CT molecular complexity index is 2310. The van der Waals surface area contributed by atoms with Gasteiger partial charge in [-0.1, -0.05) is 72.4 Å². The number of hydrogen-bond donors (Lipinski definition) is 2. The molecule has 0 radical (unpaired) electrons. The average molecular weight is 842 g/mol. The molecule has 2 spiro atoms. The summed E-state index contributed by atoms with van der Waals surface area (Å²) in [5.41, 5.74) is 2.69.